The lowest BCUT2D eigenvalue weighted by atomic mass is 10.1. The van der Waals surface area contributed by atoms with Crippen molar-refractivity contribution in [3.05, 3.63) is 58.9 Å². The van der Waals surface area contributed by atoms with Gasteiger partial charge in [-0.3, -0.25) is 4.99 Å². The molecule has 0 aliphatic heterocycles. The van der Waals surface area contributed by atoms with Gasteiger partial charge in [0, 0.05) is 45.0 Å². The molecule has 6 heteroatoms. The van der Waals surface area contributed by atoms with E-state index in [1.54, 1.807) is 0 Å². The van der Waals surface area contributed by atoms with E-state index in [-0.39, 0.29) is 24.0 Å². The molecule has 3 rings (SSSR count). The summed E-state index contributed by atoms with van der Waals surface area (Å²) in [5, 5.41) is 4.34. The van der Waals surface area contributed by atoms with E-state index < -0.39 is 0 Å². The number of aromatic nitrogens is 1. The molecule has 0 bridgehead atoms. The molecule has 1 heterocycles. The second kappa shape index (κ2) is 8.25. The number of nitrogens with zero attached hydrogens (tertiary/aromatic N) is 3. The lowest BCUT2D eigenvalue weighted by Gasteiger charge is -2.22. The minimum Gasteiger partial charge on any atom is -0.353 e. The highest BCUT2D eigenvalue weighted by atomic mass is 127. The van der Waals surface area contributed by atoms with Crippen molar-refractivity contribution in [2.45, 2.75) is 24.9 Å². The van der Waals surface area contributed by atoms with Gasteiger partial charge in [-0.1, -0.05) is 41.9 Å². The summed E-state index contributed by atoms with van der Waals surface area (Å²) in [7, 11) is 5.89. The Morgan fingerprint density at radius 3 is 2.67 bits per heavy atom. The van der Waals surface area contributed by atoms with Crippen LogP contribution in [-0.2, 0) is 13.6 Å². The predicted octanol–water partition coefficient (Wildman–Crippen LogP) is 3.86. The van der Waals surface area contributed by atoms with Gasteiger partial charge in [-0.2, -0.15) is 0 Å². The lowest BCUT2D eigenvalue weighted by molar-refractivity contribution is 0.461. The average molecular weight is 459 g/mol. The van der Waals surface area contributed by atoms with Gasteiger partial charge in [-0.15, -0.1) is 24.0 Å². The summed E-state index contributed by atoms with van der Waals surface area (Å²) in [6.45, 7) is 0.769. The molecule has 1 saturated carbocycles. The van der Waals surface area contributed by atoms with Crippen LogP contribution in [0.4, 0.5) is 0 Å². The van der Waals surface area contributed by atoms with E-state index in [9.17, 15) is 0 Å². The maximum atomic E-state index is 6.06. The first-order chi connectivity index (χ1) is 11.1. The van der Waals surface area contributed by atoms with E-state index >= 15 is 0 Å². The summed E-state index contributed by atoms with van der Waals surface area (Å²) in [5.74, 6) is 1.51. The Morgan fingerprint density at radius 1 is 1.38 bits per heavy atom. The highest BCUT2D eigenvalue weighted by Crippen LogP contribution is 2.40. The van der Waals surface area contributed by atoms with E-state index in [1.807, 2.05) is 26.4 Å². The maximum Gasteiger partial charge on any atom is 0.193 e. The maximum absolute atomic E-state index is 6.06. The van der Waals surface area contributed by atoms with E-state index in [2.05, 4.69) is 57.2 Å². The third-order valence-electron chi connectivity index (χ3n) is 4.38. The zero-order valence-electron chi connectivity index (χ0n) is 14.2. The van der Waals surface area contributed by atoms with E-state index in [0.29, 0.717) is 12.0 Å². The number of nitrogens with one attached hydrogen (secondary N) is 1. The number of hydrogen-bond donors (Lipinski definition) is 1. The Hall–Kier alpha value is -1.21. The van der Waals surface area contributed by atoms with Crippen LogP contribution in [0.15, 0.2) is 47.6 Å². The van der Waals surface area contributed by atoms with E-state index in [1.165, 1.54) is 5.56 Å². The molecule has 4 nitrogen and oxygen atoms in total. The van der Waals surface area contributed by atoms with Crippen molar-refractivity contribution in [3.63, 3.8) is 0 Å². The van der Waals surface area contributed by atoms with Gasteiger partial charge in [0.25, 0.3) is 0 Å². The van der Waals surface area contributed by atoms with Crippen LogP contribution in [-0.4, -0.2) is 35.6 Å². The number of guanidine groups is 1. The monoisotopic (exact) mass is 458 g/mol. The van der Waals surface area contributed by atoms with Crippen LogP contribution in [0.3, 0.4) is 0 Å². The first kappa shape index (κ1) is 19.1. The molecule has 1 aromatic carbocycles. The van der Waals surface area contributed by atoms with Gasteiger partial charge in [0.05, 0.1) is 11.6 Å². The van der Waals surface area contributed by atoms with Crippen LogP contribution in [0.2, 0.25) is 5.02 Å². The first-order valence-corrected chi connectivity index (χ1v) is 8.26. The number of rotatable bonds is 4. The smallest absolute Gasteiger partial charge is 0.193 e. The molecule has 2 atom stereocenters. The highest BCUT2D eigenvalue weighted by Gasteiger charge is 2.39. The summed E-state index contributed by atoms with van der Waals surface area (Å²) < 4.78 is 2.05. The number of benzene rings is 1. The van der Waals surface area contributed by atoms with E-state index in [0.717, 1.165) is 29.6 Å². The summed E-state index contributed by atoms with van der Waals surface area (Å²) in [6.07, 6.45) is 3.08. The van der Waals surface area contributed by atoms with Crippen LogP contribution < -0.4 is 5.32 Å². The molecule has 0 saturated heterocycles. The normalized spacial score (nSPS) is 19.6. The van der Waals surface area contributed by atoms with Crippen LogP contribution >= 0.6 is 35.6 Å². The molecule has 1 aliphatic carbocycles. The van der Waals surface area contributed by atoms with Gasteiger partial charge in [-0.05, 0) is 18.1 Å². The largest absolute Gasteiger partial charge is 0.353 e. The molecule has 2 aromatic rings. The summed E-state index contributed by atoms with van der Waals surface area (Å²) >= 11 is 6.06. The fraction of sp³-hybridized carbons (Fsp3) is 0.389. The van der Waals surface area contributed by atoms with Crippen molar-refractivity contribution >= 4 is 41.5 Å². The molecule has 1 aliphatic rings. The third kappa shape index (κ3) is 4.45. The van der Waals surface area contributed by atoms with Crippen molar-refractivity contribution in [2.24, 2.45) is 12.0 Å². The van der Waals surface area contributed by atoms with Gasteiger partial charge in [0.15, 0.2) is 5.96 Å². The van der Waals surface area contributed by atoms with Crippen molar-refractivity contribution in [1.29, 1.82) is 0 Å². The predicted molar refractivity (Wildman–Crippen MR) is 111 cm³/mol. The molecule has 0 radical (unpaired) electrons. The van der Waals surface area contributed by atoms with Crippen molar-refractivity contribution < 1.29 is 0 Å². The standard InChI is InChI=1S/C18H23ClN4.HI/c1-20-18(23(3)12-15-9-14(19)11-22(15)2)21-17-10-16(17)13-7-5-4-6-8-13;/h4-9,11,16-17H,10,12H2,1-3H3,(H,20,21);1H. The molecule has 0 amide bonds. The number of halogens is 2. The van der Waals surface area contributed by atoms with Crippen molar-refractivity contribution in [3.8, 4) is 0 Å². The number of aliphatic imine (C=N–C) groups is 1. The van der Waals surface area contributed by atoms with E-state index in [4.69, 9.17) is 11.6 Å². The summed E-state index contributed by atoms with van der Waals surface area (Å²) in [5.41, 5.74) is 2.56. The molecular weight excluding hydrogens is 435 g/mol. The summed E-state index contributed by atoms with van der Waals surface area (Å²) in [4.78, 5) is 6.55. The van der Waals surface area contributed by atoms with Gasteiger partial charge in [-0.25, -0.2) is 0 Å². The first-order valence-electron chi connectivity index (χ1n) is 7.88. The summed E-state index contributed by atoms with van der Waals surface area (Å²) in [6, 6.07) is 13.1. The second-order valence-electron chi connectivity index (χ2n) is 6.17. The number of aryl methyl sites for hydroxylation is 1. The van der Waals surface area contributed by atoms with Crippen molar-refractivity contribution in [2.75, 3.05) is 14.1 Å². The average Bonchev–Trinajstić information content (AvgIpc) is 3.24. The molecule has 1 fully saturated rings. The zero-order valence-corrected chi connectivity index (χ0v) is 17.3. The minimum atomic E-state index is 0. The molecule has 1 N–H and O–H groups in total. The Bertz CT molecular complexity index is 698. The fourth-order valence-corrected chi connectivity index (χ4v) is 3.25. The topological polar surface area (TPSA) is 32.6 Å². The minimum absolute atomic E-state index is 0. The highest BCUT2D eigenvalue weighted by molar-refractivity contribution is 14.0. The fourth-order valence-electron chi connectivity index (χ4n) is 2.98. The Balaban J connectivity index is 0.00000208. The molecular formula is C18H24ClIN4. The van der Waals surface area contributed by atoms with Gasteiger partial charge in [0.1, 0.15) is 0 Å². The molecule has 24 heavy (non-hydrogen) atoms. The lowest BCUT2D eigenvalue weighted by Crippen LogP contribution is -2.40. The molecule has 130 valence electrons. The zero-order chi connectivity index (χ0) is 16.4. The molecule has 0 spiro atoms. The SMILES string of the molecule is CN=C(NC1CC1c1ccccc1)N(C)Cc1cc(Cl)cn1C.I. The van der Waals surface area contributed by atoms with Gasteiger partial charge < -0.3 is 14.8 Å². The third-order valence-corrected chi connectivity index (χ3v) is 4.59. The molecule has 1 aromatic heterocycles. The van der Waals surface area contributed by atoms with Crippen LogP contribution in [0.25, 0.3) is 0 Å². The number of hydrogen-bond acceptors (Lipinski definition) is 1. The van der Waals surface area contributed by atoms with Gasteiger partial charge in [0.2, 0.25) is 0 Å². The Morgan fingerprint density at radius 2 is 2.08 bits per heavy atom. The molecule has 2 unspecified atom stereocenters. The van der Waals surface area contributed by atoms with Crippen molar-refractivity contribution in [1.82, 2.24) is 14.8 Å². The van der Waals surface area contributed by atoms with Crippen LogP contribution in [0.1, 0.15) is 23.6 Å². The second-order valence-corrected chi connectivity index (χ2v) is 6.60. The van der Waals surface area contributed by atoms with Crippen LogP contribution in [0, 0.1) is 0 Å². The Labute approximate surface area is 165 Å². The quantitative estimate of drug-likeness (QED) is 0.429. The van der Waals surface area contributed by atoms with Crippen LogP contribution in [0.5, 0.6) is 0 Å². The Kier molecular flexibility index (Phi) is 6.57. The van der Waals surface area contributed by atoms with Gasteiger partial charge >= 0.3 is 0 Å².